The van der Waals surface area contributed by atoms with E-state index in [-0.39, 0.29) is 5.56 Å². The van der Waals surface area contributed by atoms with E-state index in [0.29, 0.717) is 15.8 Å². The van der Waals surface area contributed by atoms with Gasteiger partial charge in [0.1, 0.15) is 0 Å². The lowest BCUT2D eigenvalue weighted by Gasteiger charge is -2.09. The molecule has 0 radical (unpaired) electrons. The summed E-state index contributed by atoms with van der Waals surface area (Å²) in [6, 6.07) is 8.72. The van der Waals surface area contributed by atoms with Gasteiger partial charge in [-0.1, -0.05) is 36.3 Å². The summed E-state index contributed by atoms with van der Waals surface area (Å²) in [4.78, 5) is 27.4. The van der Waals surface area contributed by atoms with Crippen LogP contribution in [-0.2, 0) is 12.8 Å². The van der Waals surface area contributed by atoms with Crippen LogP contribution in [0.15, 0.2) is 35.1 Å². The quantitative estimate of drug-likeness (QED) is 0.683. The molecule has 2 aromatic heterocycles. The zero-order valence-corrected chi connectivity index (χ0v) is 14.0. The fraction of sp³-hybridized carbons (Fsp3) is 0.333. The van der Waals surface area contributed by atoms with Gasteiger partial charge in [-0.25, -0.2) is 0 Å². The Bertz CT molecular complexity index is 960. The summed E-state index contributed by atoms with van der Waals surface area (Å²) < 4.78 is 0.906. The van der Waals surface area contributed by atoms with E-state index < -0.39 is 5.91 Å². The molecule has 2 heterocycles. The molecule has 0 amide bonds. The summed E-state index contributed by atoms with van der Waals surface area (Å²) in [6.07, 6.45) is 6.51. The first-order valence-corrected chi connectivity index (χ1v) is 9.07. The molecule has 1 aliphatic rings. The number of carbonyl (C=O) groups is 1. The van der Waals surface area contributed by atoms with E-state index >= 15 is 0 Å². The largest absolute Gasteiger partial charge is 0.286 e. The molecule has 0 N–H and O–H groups in total. The molecule has 0 saturated heterocycles. The van der Waals surface area contributed by atoms with Crippen molar-refractivity contribution in [2.75, 3.05) is 0 Å². The summed E-state index contributed by atoms with van der Waals surface area (Å²) in [6.45, 7) is 0. The van der Waals surface area contributed by atoms with E-state index in [0.717, 1.165) is 35.9 Å². The molecule has 0 spiro atoms. The minimum absolute atomic E-state index is 0.341. The van der Waals surface area contributed by atoms with Crippen molar-refractivity contribution in [3.05, 3.63) is 56.7 Å². The topological polar surface area (TPSA) is 64.8 Å². The maximum absolute atomic E-state index is 12.9. The standard InChI is InChI=1S/C18H17N3O2S/c22-17(12-8-4-3-5-9-12)21-18(23)15-13-10-6-1-2-7-11-14(13)24-16(15)19-20-21/h3-5,8-9H,1-2,6-7,10-11H2. The minimum atomic E-state index is -0.430. The van der Waals surface area contributed by atoms with Gasteiger partial charge in [0.25, 0.3) is 11.5 Å². The number of benzene rings is 1. The van der Waals surface area contributed by atoms with E-state index in [9.17, 15) is 9.59 Å². The van der Waals surface area contributed by atoms with Crippen LogP contribution in [0.25, 0.3) is 10.2 Å². The summed E-state index contributed by atoms with van der Waals surface area (Å²) in [7, 11) is 0. The summed E-state index contributed by atoms with van der Waals surface area (Å²) >= 11 is 1.55. The Hall–Kier alpha value is -2.34. The van der Waals surface area contributed by atoms with Crippen LogP contribution in [0, 0.1) is 0 Å². The lowest BCUT2D eigenvalue weighted by molar-refractivity contribution is 0.0936. The third-order valence-electron chi connectivity index (χ3n) is 4.50. The zero-order valence-electron chi connectivity index (χ0n) is 13.2. The lowest BCUT2D eigenvalue weighted by atomic mass is 9.98. The summed E-state index contributed by atoms with van der Waals surface area (Å²) in [5, 5.41) is 8.65. The van der Waals surface area contributed by atoms with E-state index in [2.05, 4.69) is 10.3 Å². The molecule has 3 aromatic rings. The SMILES string of the molecule is O=C(c1ccccc1)n1nnc2sc3c(c2c1=O)CCCCCC3. The second-order valence-corrected chi connectivity index (χ2v) is 7.16. The van der Waals surface area contributed by atoms with Crippen molar-refractivity contribution < 1.29 is 4.79 Å². The smallest absolute Gasteiger partial charge is 0.267 e. The molecular formula is C18H17N3O2S. The second kappa shape index (κ2) is 6.28. The lowest BCUT2D eigenvalue weighted by Crippen LogP contribution is -2.30. The molecule has 0 bridgehead atoms. The van der Waals surface area contributed by atoms with Crippen molar-refractivity contribution >= 4 is 27.5 Å². The van der Waals surface area contributed by atoms with Crippen LogP contribution in [0.4, 0.5) is 0 Å². The van der Waals surface area contributed by atoms with Crippen molar-refractivity contribution in [2.24, 2.45) is 0 Å². The first kappa shape index (κ1) is 15.2. The molecule has 0 atom stereocenters. The molecule has 0 saturated carbocycles. The monoisotopic (exact) mass is 339 g/mol. The number of aromatic nitrogens is 3. The van der Waals surface area contributed by atoms with Gasteiger partial charge in [0, 0.05) is 10.4 Å². The molecule has 6 heteroatoms. The Morgan fingerprint density at radius 3 is 2.58 bits per heavy atom. The summed E-state index contributed by atoms with van der Waals surface area (Å²) in [5.41, 5.74) is 1.18. The van der Waals surface area contributed by atoms with Gasteiger partial charge in [0.05, 0.1) is 5.39 Å². The molecular weight excluding hydrogens is 322 g/mol. The van der Waals surface area contributed by atoms with Gasteiger partial charge < -0.3 is 0 Å². The van der Waals surface area contributed by atoms with Crippen molar-refractivity contribution in [2.45, 2.75) is 38.5 Å². The highest BCUT2D eigenvalue weighted by Gasteiger charge is 2.21. The van der Waals surface area contributed by atoms with Crippen molar-refractivity contribution in [1.82, 2.24) is 15.0 Å². The maximum Gasteiger partial charge on any atom is 0.286 e. The van der Waals surface area contributed by atoms with Gasteiger partial charge in [-0.2, -0.15) is 0 Å². The van der Waals surface area contributed by atoms with Crippen LogP contribution in [0.3, 0.4) is 0 Å². The van der Waals surface area contributed by atoms with Gasteiger partial charge in [-0.15, -0.1) is 21.1 Å². The average Bonchev–Trinajstić information content (AvgIpc) is 2.93. The van der Waals surface area contributed by atoms with Gasteiger partial charge in [0.15, 0.2) is 4.83 Å². The molecule has 1 aliphatic carbocycles. The highest BCUT2D eigenvalue weighted by atomic mass is 32.1. The highest BCUT2D eigenvalue weighted by Crippen LogP contribution is 2.31. The third kappa shape index (κ3) is 2.57. The van der Waals surface area contributed by atoms with E-state index in [4.69, 9.17) is 0 Å². The number of thiophene rings is 1. The molecule has 0 aliphatic heterocycles. The first-order chi connectivity index (χ1) is 11.8. The molecule has 4 rings (SSSR count). The number of aryl methyl sites for hydroxylation is 2. The number of carbonyl (C=O) groups excluding carboxylic acids is 1. The van der Waals surface area contributed by atoms with Gasteiger partial charge in [-0.3, -0.25) is 9.59 Å². The van der Waals surface area contributed by atoms with Crippen molar-refractivity contribution in [3.8, 4) is 0 Å². The van der Waals surface area contributed by atoms with Crippen LogP contribution < -0.4 is 5.56 Å². The second-order valence-electron chi connectivity index (χ2n) is 6.08. The van der Waals surface area contributed by atoms with Crippen LogP contribution in [-0.4, -0.2) is 20.9 Å². The fourth-order valence-corrected chi connectivity index (χ4v) is 4.46. The number of hydrogen-bond acceptors (Lipinski definition) is 5. The number of hydrogen-bond donors (Lipinski definition) is 0. The molecule has 5 nitrogen and oxygen atoms in total. The van der Waals surface area contributed by atoms with Crippen LogP contribution in [0.2, 0.25) is 0 Å². The normalized spacial score (nSPS) is 14.8. The fourth-order valence-electron chi connectivity index (χ4n) is 3.26. The van der Waals surface area contributed by atoms with Gasteiger partial charge >= 0.3 is 0 Å². The van der Waals surface area contributed by atoms with Crippen molar-refractivity contribution in [1.29, 1.82) is 0 Å². The van der Waals surface area contributed by atoms with Gasteiger partial charge in [0.2, 0.25) is 0 Å². The van der Waals surface area contributed by atoms with Crippen LogP contribution in [0.1, 0.15) is 46.5 Å². The first-order valence-electron chi connectivity index (χ1n) is 8.26. The van der Waals surface area contributed by atoms with Crippen molar-refractivity contribution in [3.63, 3.8) is 0 Å². The molecule has 122 valence electrons. The Labute approximate surface area is 142 Å². The minimum Gasteiger partial charge on any atom is -0.267 e. The van der Waals surface area contributed by atoms with Gasteiger partial charge in [-0.05, 0) is 43.4 Å². The molecule has 1 aromatic carbocycles. The third-order valence-corrected chi connectivity index (χ3v) is 5.67. The Balaban J connectivity index is 1.87. The highest BCUT2D eigenvalue weighted by molar-refractivity contribution is 7.18. The molecule has 0 unspecified atom stereocenters. The Morgan fingerprint density at radius 2 is 1.79 bits per heavy atom. The number of rotatable bonds is 1. The maximum atomic E-state index is 12.9. The predicted octanol–water partition coefficient (Wildman–Crippen LogP) is 3.20. The van der Waals surface area contributed by atoms with Crippen LogP contribution >= 0.6 is 11.3 Å². The van der Waals surface area contributed by atoms with E-state index in [1.807, 2.05) is 6.07 Å². The van der Waals surface area contributed by atoms with E-state index in [1.54, 1.807) is 35.6 Å². The zero-order chi connectivity index (χ0) is 16.5. The molecule has 24 heavy (non-hydrogen) atoms. The molecule has 0 fully saturated rings. The Kier molecular flexibility index (Phi) is 3.98. The number of nitrogens with zero attached hydrogens (tertiary/aromatic N) is 3. The average molecular weight is 339 g/mol. The number of fused-ring (bicyclic) bond motifs is 3. The van der Waals surface area contributed by atoms with Crippen LogP contribution in [0.5, 0.6) is 0 Å². The van der Waals surface area contributed by atoms with E-state index in [1.165, 1.54) is 17.7 Å². The summed E-state index contributed by atoms with van der Waals surface area (Å²) in [5.74, 6) is -0.430. The Morgan fingerprint density at radius 1 is 1.04 bits per heavy atom. The predicted molar refractivity (Wildman–Crippen MR) is 93.7 cm³/mol.